The van der Waals surface area contributed by atoms with E-state index < -0.39 is 0 Å². The maximum atomic E-state index is 5.87. The lowest BCUT2D eigenvalue weighted by Crippen LogP contribution is -2.43. The highest BCUT2D eigenvalue weighted by atomic mass is 127. The maximum absolute atomic E-state index is 5.87. The van der Waals surface area contributed by atoms with Crippen LogP contribution in [0, 0.1) is 0 Å². The topological polar surface area (TPSA) is 36.4 Å². The van der Waals surface area contributed by atoms with Crippen LogP contribution in [0.4, 0.5) is 0 Å². The van der Waals surface area contributed by atoms with Crippen molar-refractivity contribution in [1.29, 1.82) is 0 Å². The number of thioether (sulfide) groups is 1. The van der Waals surface area contributed by atoms with Crippen LogP contribution in [0.25, 0.3) is 0 Å². The van der Waals surface area contributed by atoms with Crippen molar-refractivity contribution in [3.8, 4) is 0 Å². The number of hydrogen-bond donors (Lipinski definition) is 2. The zero-order valence-electron chi connectivity index (χ0n) is 13.1. The quantitative estimate of drug-likeness (QED) is 0.400. The first-order valence-electron chi connectivity index (χ1n) is 6.71. The lowest BCUT2D eigenvalue weighted by atomic mass is 10.1. The van der Waals surface area contributed by atoms with E-state index >= 15 is 0 Å². The van der Waals surface area contributed by atoms with Crippen molar-refractivity contribution in [2.75, 3.05) is 26.4 Å². The Morgan fingerprint density at radius 3 is 2.38 bits per heavy atom. The number of rotatable bonds is 6. The van der Waals surface area contributed by atoms with Crippen molar-refractivity contribution in [2.24, 2.45) is 4.99 Å². The molecule has 0 amide bonds. The number of hydrogen-bond acceptors (Lipinski definition) is 2. The van der Waals surface area contributed by atoms with Crippen molar-refractivity contribution in [1.82, 2.24) is 10.6 Å². The van der Waals surface area contributed by atoms with Crippen molar-refractivity contribution in [3.63, 3.8) is 0 Å². The highest BCUT2D eigenvalue weighted by molar-refractivity contribution is 14.0. The van der Waals surface area contributed by atoms with Crippen molar-refractivity contribution >= 4 is 53.3 Å². The van der Waals surface area contributed by atoms with Gasteiger partial charge in [-0.05, 0) is 44.2 Å². The third-order valence-electron chi connectivity index (χ3n) is 3.08. The highest BCUT2D eigenvalue weighted by Crippen LogP contribution is 2.19. The Bertz CT molecular complexity index is 435. The van der Waals surface area contributed by atoms with Crippen LogP contribution >= 0.6 is 47.3 Å². The monoisotopic (exact) mass is 441 g/mol. The van der Waals surface area contributed by atoms with Gasteiger partial charge in [0.2, 0.25) is 0 Å². The summed E-state index contributed by atoms with van der Waals surface area (Å²) in [5.74, 6) is 0.848. The van der Waals surface area contributed by atoms with Crippen LogP contribution in [-0.4, -0.2) is 37.1 Å². The maximum Gasteiger partial charge on any atom is 0.191 e. The summed E-state index contributed by atoms with van der Waals surface area (Å²) < 4.78 is 0.202. The molecule has 21 heavy (non-hydrogen) atoms. The van der Waals surface area contributed by atoms with Crippen molar-refractivity contribution < 1.29 is 0 Å². The molecule has 120 valence electrons. The molecular formula is C15H25ClIN3S. The van der Waals surface area contributed by atoms with E-state index in [9.17, 15) is 0 Å². The Kier molecular flexibility index (Phi) is 10.5. The molecule has 0 heterocycles. The van der Waals surface area contributed by atoms with Crippen LogP contribution in [0.3, 0.4) is 0 Å². The Morgan fingerprint density at radius 2 is 1.86 bits per heavy atom. The molecule has 0 saturated carbocycles. The smallest absolute Gasteiger partial charge is 0.191 e. The molecule has 0 aromatic heterocycles. The summed E-state index contributed by atoms with van der Waals surface area (Å²) >= 11 is 7.71. The van der Waals surface area contributed by atoms with Crippen molar-refractivity contribution in [2.45, 2.75) is 25.0 Å². The van der Waals surface area contributed by atoms with Crippen LogP contribution in [0.15, 0.2) is 29.3 Å². The summed E-state index contributed by atoms with van der Waals surface area (Å²) in [5.41, 5.74) is 1.27. The molecule has 0 saturated heterocycles. The SMILES string of the molecule is CN=C(NCCc1ccc(Cl)cc1)NCC(C)(C)SC.I. The van der Waals surface area contributed by atoms with Gasteiger partial charge in [-0.3, -0.25) is 4.99 Å². The van der Waals surface area contributed by atoms with Gasteiger partial charge in [0.05, 0.1) is 0 Å². The summed E-state index contributed by atoms with van der Waals surface area (Å²) in [6, 6.07) is 7.95. The molecule has 0 bridgehead atoms. The second kappa shape index (κ2) is 10.6. The van der Waals surface area contributed by atoms with Gasteiger partial charge in [0.25, 0.3) is 0 Å². The molecule has 6 heteroatoms. The van der Waals surface area contributed by atoms with Crippen LogP contribution < -0.4 is 10.6 Å². The molecule has 0 aliphatic rings. The number of benzene rings is 1. The van der Waals surface area contributed by atoms with Crippen LogP contribution in [-0.2, 0) is 6.42 Å². The van der Waals surface area contributed by atoms with Gasteiger partial charge in [0, 0.05) is 29.9 Å². The molecule has 1 rings (SSSR count). The molecule has 0 spiro atoms. The van der Waals surface area contributed by atoms with E-state index in [1.165, 1.54) is 5.56 Å². The average Bonchev–Trinajstić information content (AvgIpc) is 2.44. The second-order valence-corrected chi connectivity index (χ2v) is 7.14. The van der Waals surface area contributed by atoms with Crippen LogP contribution in [0.2, 0.25) is 5.02 Å². The zero-order valence-corrected chi connectivity index (χ0v) is 17.0. The van der Waals surface area contributed by atoms with Gasteiger partial charge < -0.3 is 10.6 Å². The minimum atomic E-state index is 0. The molecule has 3 nitrogen and oxygen atoms in total. The largest absolute Gasteiger partial charge is 0.356 e. The van der Waals surface area contributed by atoms with Crippen LogP contribution in [0.1, 0.15) is 19.4 Å². The van der Waals surface area contributed by atoms with Gasteiger partial charge in [-0.25, -0.2) is 0 Å². The number of nitrogens with one attached hydrogen (secondary N) is 2. The third-order valence-corrected chi connectivity index (χ3v) is 4.58. The van der Waals surface area contributed by atoms with E-state index in [4.69, 9.17) is 11.6 Å². The standard InChI is InChI=1S/C15H24ClN3S.HI/c1-15(2,20-4)11-19-14(17-3)18-10-9-12-5-7-13(16)8-6-12;/h5-8H,9-11H2,1-4H3,(H2,17,18,19);1H. The van der Waals surface area contributed by atoms with Gasteiger partial charge >= 0.3 is 0 Å². The summed E-state index contributed by atoms with van der Waals surface area (Å²) in [6.45, 7) is 6.16. The van der Waals surface area contributed by atoms with Crippen molar-refractivity contribution in [3.05, 3.63) is 34.9 Å². The lowest BCUT2D eigenvalue weighted by molar-refractivity contribution is 0.664. The summed E-state index contributed by atoms with van der Waals surface area (Å²) in [7, 11) is 1.80. The molecule has 1 aromatic rings. The molecule has 0 aliphatic heterocycles. The molecular weight excluding hydrogens is 417 g/mol. The first-order valence-corrected chi connectivity index (χ1v) is 8.31. The Morgan fingerprint density at radius 1 is 1.24 bits per heavy atom. The number of aliphatic imine (C=N–C) groups is 1. The fourth-order valence-corrected chi connectivity index (χ4v) is 1.91. The van der Waals surface area contributed by atoms with E-state index in [-0.39, 0.29) is 28.7 Å². The predicted octanol–water partition coefficient (Wildman–Crippen LogP) is 3.81. The minimum Gasteiger partial charge on any atom is -0.356 e. The molecule has 0 radical (unpaired) electrons. The normalized spacial score (nSPS) is 11.8. The molecule has 0 unspecified atom stereocenters. The Labute approximate surface area is 154 Å². The van der Waals surface area contributed by atoms with E-state index in [2.05, 4.69) is 47.9 Å². The first-order chi connectivity index (χ1) is 9.46. The van der Waals surface area contributed by atoms with Gasteiger partial charge in [-0.15, -0.1) is 24.0 Å². The van der Waals surface area contributed by atoms with Gasteiger partial charge in [0.15, 0.2) is 5.96 Å². The summed E-state index contributed by atoms with van der Waals surface area (Å²) in [4.78, 5) is 4.23. The lowest BCUT2D eigenvalue weighted by Gasteiger charge is -2.23. The van der Waals surface area contributed by atoms with E-state index in [1.54, 1.807) is 7.05 Å². The van der Waals surface area contributed by atoms with E-state index in [0.29, 0.717) is 0 Å². The number of halogens is 2. The highest BCUT2D eigenvalue weighted by Gasteiger charge is 2.15. The zero-order chi connectivity index (χ0) is 15.0. The molecule has 1 aromatic carbocycles. The fourth-order valence-electron chi connectivity index (χ4n) is 1.57. The Hall–Kier alpha value is -0.140. The second-order valence-electron chi connectivity index (χ2n) is 5.19. The average molecular weight is 442 g/mol. The molecule has 0 atom stereocenters. The Balaban J connectivity index is 0.00000400. The van der Waals surface area contributed by atoms with E-state index in [1.807, 2.05) is 23.9 Å². The molecule has 0 fully saturated rings. The van der Waals surface area contributed by atoms with Gasteiger partial charge in [-0.1, -0.05) is 23.7 Å². The molecule has 0 aliphatic carbocycles. The van der Waals surface area contributed by atoms with Gasteiger partial charge in [0.1, 0.15) is 0 Å². The fraction of sp³-hybridized carbons (Fsp3) is 0.533. The van der Waals surface area contributed by atoms with Crippen LogP contribution in [0.5, 0.6) is 0 Å². The first kappa shape index (κ1) is 20.9. The minimum absolute atomic E-state index is 0. The predicted molar refractivity (Wildman–Crippen MR) is 108 cm³/mol. The number of nitrogens with zero attached hydrogens (tertiary/aromatic N) is 1. The number of guanidine groups is 1. The molecule has 2 N–H and O–H groups in total. The van der Waals surface area contributed by atoms with Gasteiger partial charge in [-0.2, -0.15) is 11.8 Å². The van der Waals surface area contributed by atoms with E-state index in [0.717, 1.165) is 30.5 Å². The summed E-state index contributed by atoms with van der Waals surface area (Å²) in [5, 5.41) is 7.46. The third kappa shape index (κ3) is 8.78. The summed E-state index contributed by atoms with van der Waals surface area (Å²) in [6.07, 6.45) is 3.07.